The standard InChI is InChI=1S/C97H99N3/c1-16-17-18-19-20-67-23-31-76(32-24-67)97(89-61-65(2)21-57-85(89)86-58-22-66(3)62-90(86)97)77-41-55-84(56-42-77)100-91-59-29-70(68-25-43-78(44-26-68)98(80-47-33-72(34-48-80)93(4,5)6)81-49-35-73(36-50-81)94(7,8)9)63-87(91)88-64-71(30-60-92(88)100)69-27-45-79(46-28-69)99(82-51-37-74(38-52-82)95(10,11)12)83-53-39-75(40-54-83)96(13,14)15/h21-64H,16-20H2,1-15H3. The van der Waals surface area contributed by atoms with Crippen LogP contribution < -0.4 is 9.80 Å². The molecule has 0 fully saturated rings. The van der Waals surface area contributed by atoms with E-state index in [2.05, 4.69) is 385 Å². The molecule has 0 saturated carbocycles. The number of aromatic nitrogens is 1. The van der Waals surface area contributed by atoms with Crippen LogP contribution in [0.2, 0.25) is 0 Å². The summed E-state index contributed by atoms with van der Waals surface area (Å²) in [5.74, 6) is 0. The monoisotopic (exact) mass is 1310 g/mol. The molecular weight excluding hydrogens is 1210 g/mol. The van der Waals surface area contributed by atoms with E-state index in [9.17, 15) is 0 Å². The summed E-state index contributed by atoms with van der Waals surface area (Å²) in [6.07, 6.45) is 6.13. The average molecular weight is 1310 g/mol. The molecule has 1 aliphatic carbocycles. The van der Waals surface area contributed by atoms with Crippen molar-refractivity contribution in [3.63, 3.8) is 0 Å². The molecule has 502 valence electrons. The Hall–Kier alpha value is -9.96. The highest BCUT2D eigenvalue weighted by Crippen LogP contribution is 2.57. The molecule has 12 aromatic carbocycles. The lowest BCUT2D eigenvalue weighted by Gasteiger charge is -2.34. The van der Waals surface area contributed by atoms with Gasteiger partial charge in [0.15, 0.2) is 0 Å². The SMILES string of the molecule is CCCCCCc1ccc(C2(c3ccc(-n4c5ccc(-c6ccc(N(c7ccc(C(C)(C)C)cc7)c7ccc(C(C)(C)C)cc7)cc6)cc5c5cc(-c6ccc(N(c7ccc(C(C)(C)C)cc7)c7ccc(C(C)(C)C)cc7)cc6)ccc54)cc3)c3cc(C)ccc3-c3ccc(C)cc32)cc1. The average Bonchev–Trinajstić information content (AvgIpc) is 1.54. The van der Waals surface area contributed by atoms with Gasteiger partial charge in [0.05, 0.1) is 16.4 Å². The summed E-state index contributed by atoms with van der Waals surface area (Å²) >= 11 is 0. The van der Waals surface area contributed by atoms with E-state index in [-0.39, 0.29) is 21.7 Å². The van der Waals surface area contributed by atoms with Crippen molar-refractivity contribution >= 4 is 55.9 Å². The van der Waals surface area contributed by atoms with Crippen LogP contribution >= 0.6 is 0 Å². The fourth-order valence-electron chi connectivity index (χ4n) is 15.5. The molecule has 0 unspecified atom stereocenters. The maximum atomic E-state index is 2.50. The van der Waals surface area contributed by atoms with Gasteiger partial charge in [0.2, 0.25) is 0 Å². The molecule has 3 heteroatoms. The Morgan fingerprint density at radius 1 is 0.310 bits per heavy atom. The Labute approximate surface area is 596 Å². The van der Waals surface area contributed by atoms with Crippen LogP contribution in [0.25, 0.3) is 60.9 Å². The number of anilines is 6. The smallest absolute Gasteiger partial charge is 0.0713 e. The lowest BCUT2D eigenvalue weighted by molar-refractivity contribution is 0.590. The molecule has 14 rings (SSSR count). The van der Waals surface area contributed by atoms with Crippen LogP contribution in [0.3, 0.4) is 0 Å². The van der Waals surface area contributed by atoms with Gasteiger partial charge in [-0.05, 0) is 241 Å². The lowest BCUT2D eigenvalue weighted by atomic mass is 9.67. The lowest BCUT2D eigenvalue weighted by Crippen LogP contribution is -2.29. The molecule has 13 aromatic rings. The summed E-state index contributed by atoms with van der Waals surface area (Å²) in [4.78, 5) is 4.79. The Morgan fingerprint density at radius 3 is 0.960 bits per heavy atom. The van der Waals surface area contributed by atoms with Crippen LogP contribution in [0, 0.1) is 13.8 Å². The molecule has 100 heavy (non-hydrogen) atoms. The third-order valence-corrected chi connectivity index (χ3v) is 21.4. The molecular formula is C97H99N3. The molecule has 3 nitrogen and oxygen atoms in total. The third-order valence-electron chi connectivity index (χ3n) is 21.4. The van der Waals surface area contributed by atoms with E-state index in [1.165, 1.54) is 120 Å². The number of hydrogen-bond donors (Lipinski definition) is 0. The van der Waals surface area contributed by atoms with Crippen molar-refractivity contribution in [2.75, 3.05) is 9.80 Å². The number of hydrogen-bond acceptors (Lipinski definition) is 2. The molecule has 0 amide bonds. The van der Waals surface area contributed by atoms with Crippen molar-refractivity contribution < 1.29 is 0 Å². The van der Waals surface area contributed by atoms with Crippen LogP contribution in [0.1, 0.15) is 177 Å². The minimum absolute atomic E-state index is 0.0477. The highest BCUT2D eigenvalue weighted by Gasteiger charge is 2.46. The molecule has 1 heterocycles. The summed E-state index contributed by atoms with van der Waals surface area (Å²) in [5, 5.41) is 2.41. The van der Waals surface area contributed by atoms with Crippen molar-refractivity contribution in [2.45, 2.75) is 163 Å². The van der Waals surface area contributed by atoms with Crippen molar-refractivity contribution in [1.29, 1.82) is 0 Å². The molecule has 0 saturated heterocycles. The second-order valence-corrected chi connectivity index (χ2v) is 32.7. The minimum atomic E-state index is -0.521. The topological polar surface area (TPSA) is 11.4 Å². The van der Waals surface area contributed by atoms with E-state index in [0.717, 1.165) is 68.4 Å². The molecule has 0 N–H and O–H groups in total. The van der Waals surface area contributed by atoms with E-state index < -0.39 is 5.41 Å². The van der Waals surface area contributed by atoms with Gasteiger partial charge < -0.3 is 14.4 Å². The first-order valence-electron chi connectivity index (χ1n) is 36.6. The second-order valence-electron chi connectivity index (χ2n) is 32.7. The first kappa shape index (κ1) is 67.2. The van der Waals surface area contributed by atoms with Gasteiger partial charge in [0.1, 0.15) is 0 Å². The van der Waals surface area contributed by atoms with Crippen LogP contribution in [0.4, 0.5) is 34.1 Å². The first-order valence-corrected chi connectivity index (χ1v) is 36.6. The molecule has 1 aromatic heterocycles. The van der Waals surface area contributed by atoms with E-state index in [4.69, 9.17) is 0 Å². The fourth-order valence-corrected chi connectivity index (χ4v) is 15.5. The number of nitrogens with zero attached hydrogens (tertiary/aromatic N) is 3. The van der Waals surface area contributed by atoms with Gasteiger partial charge in [-0.15, -0.1) is 0 Å². The number of unbranched alkanes of at least 4 members (excludes halogenated alkanes) is 3. The van der Waals surface area contributed by atoms with Gasteiger partial charge in [-0.3, -0.25) is 0 Å². The Morgan fingerprint density at radius 2 is 0.630 bits per heavy atom. The van der Waals surface area contributed by atoms with Crippen LogP contribution in [-0.2, 0) is 33.5 Å². The van der Waals surface area contributed by atoms with Crippen LogP contribution in [-0.4, -0.2) is 4.57 Å². The van der Waals surface area contributed by atoms with Gasteiger partial charge in [0.25, 0.3) is 0 Å². The molecule has 0 atom stereocenters. The van der Waals surface area contributed by atoms with Crippen molar-refractivity contribution in [3.8, 4) is 39.1 Å². The number of benzene rings is 12. The van der Waals surface area contributed by atoms with Crippen LogP contribution in [0.15, 0.2) is 267 Å². The predicted octanol–water partition coefficient (Wildman–Crippen LogP) is 27.4. The molecule has 0 bridgehead atoms. The second kappa shape index (κ2) is 26.3. The predicted molar refractivity (Wildman–Crippen MR) is 430 cm³/mol. The Bertz CT molecular complexity index is 4690. The zero-order chi connectivity index (χ0) is 70.0. The molecule has 1 aliphatic rings. The largest absolute Gasteiger partial charge is 0.311 e. The number of rotatable bonds is 16. The maximum absolute atomic E-state index is 2.50. The van der Waals surface area contributed by atoms with E-state index in [1.54, 1.807) is 0 Å². The third kappa shape index (κ3) is 12.8. The highest BCUT2D eigenvalue weighted by atomic mass is 15.1. The van der Waals surface area contributed by atoms with Crippen LogP contribution in [0.5, 0.6) is 0 Å². The van der Waals surface area contributed by atoms with Crippen molar-refractivity contribution in [1.82, 2.24) is 4.57 Å². The minimum Gasteiger partial charge on any atom is -0.311 e. The zero-order valence-electron chi connectivity index (χ0n) is 61.8. The van der Waals surface area contributed by atoms with Gasteiger partial charge in [-0.1, -0.05) is 278 Å². The summed E-state index contributed by atoms with van der Waals surface area (Å²) in [5.41, 5.74) is 31.7. The Kier molecular flexibility index (Phi) is 17.7. The van der Waals surface area contributed by atoms with Gasteiger partial charge in [-0.2, -0.15) is 0 Å². The highest BCUT2D eigenvalue weighted by molar-refractivity contribution is 6.12. The van der Waals surface area contributed by atoms with Crippen molar-refractivity contribution in [3.05, 3.63) is 328 Å². The zero-order valence-corrected chi connectivity index (χ0v) is 61.8. The molecule has 0 aliphatic heterocycles. The van der Waals surface area contributed by atoms with E-state index in [1.807, 2.05) is 0 Å². The maximum Gasteiger partial charge on any atom is 0.0713 e. The van der Waals surface area contributed by atoms with E-state index in [0.29, 0.717) is 0 Å². The summed E-state index contributed by atoms with van der Waals surface area (Å²) in [6, 6.07) is 103. The normalized spacial score (nSPS) is 13.0. The van der Waals surface area contributed by atoms with Crippen molar-refractivity contribution in [2.24, 2.45) is 0 Å². The number of fused-ring (bicyclic) bond motifs is 6. The molecule has 0 radical (unpaired) electrons. The van der Waals surface area contributed by atoms with Gasteiger partial charge in [-0.25, -0.2) is 0 Å². The first-order chi connectivity index (χ1) is 47.8. The molecule has 0 spiro atoms. The Balaban J connectivity index is 0.894. The van der Waals surface area contributed by atoms with Gasteiger partial charge >= 0.3 is 0 Å². The number of aryl methyl sites for hydroxylation is 3. The quantitative estimate of drug-likeness (QED) is 0.0894. The fraction of sp³-hybridized carbons (Fsp3) is 0.258. The van der Waals surface area contributed by atoms with E-state index >= 15 is 0 Å². The van der Waals surface area contributed by atoms with Gasteiger partial charge in [0, 0.05) is 50.6 Å². The summed E-state index contributed by atoms with van der Waals surface area (Å²) in [7, 11) is 0. The summed E-state index contributed by atoms with van der Waals surface area (Å²) in [6.45, 7) is 34.2. The summed E-state index contributed by atoms with van der Waals surface area (Å²) < 4.78 is 2.50.